The first-order chi connectivity index (χ1) is 15.2. The maximum Gasteiger partial charge on any atom is 0.240 e. The van der Waals surface area contributed by atoms with Crippen molar-refractivity contribution in [2.75, 3.05) is 32.5 Å². The number of anilines is 1. The number of fused-ring (bicyclic) bond motifs is 5. The third-order valence-electron chi connectivity index (χ3n) is 7.17. The Morgan fingerprint density at radius 2 is 2.19 bits per heavy atom. The van der Waals surface area contributed by atoms with Gasteiger partial charge in [0.25, 0.3) is 0 Å². The summed E-state index contributed by atoms with van der Waals surface area (Å²) in [5.74, 6) is -0.168. The van der Waals surface area contributed by atoms with Crippen molar-refractivity contribution in [1.29, 1.82) is 0 Å². The summed E-state index contributed by atoms with van der Waals surface area (Å²) in [5, 5.41) is 13.5. The monoisotopic (exact) mass is 454 g/mol. The van der Waals surface area contributed by atoms with Crippen LogP contribution in [-0.4, -0.2) is 65.1 Å². The first-order valence-corrected chi connectivity index (χ1v) is 11.6. The summed E-state index contributed by atoms with van der Waals surface area (Å²) >= 11 is 1.27. The van der Waals surface area contributed by atoms with Gasteiger partial charge in [0.2, 0.25) is 5.91 Å². The van der Waals surface area contributed by atoms with Crippen molar-refractivity contribution in [3.63, 3.8) is 0 Å². The zero-order chi connectivity index (χ0) is 22.6. The van der Waals surface area contributed by atoms with Crippen LogP contribution >= 0.6 is 11.3 Å². The molecule has 0 spiro atoms. The van der Waals surface area contributed by atoms with E-state index in [0.717, 1.165) is 19.4 Å². The van der Waals surface area contributed by atoms with Gasteiger partial charge in [0, 0.05) is 17.5 Å². The molecule has 1 fully saturated rings. The number of hydrogen-bond donors (Lipinski definition) is 2. The molecule has 1 saturated heterocycles. The highest BCUT2D eigenvalue weighted by Crippen LogP contribution is 2.47. The van der Waals surface area contributed by atoms with Crippen LogP contribution < -0.4 is 5.32 Å². The van der Waals surface area contributed by atoms with Gasteiger partial charge in [0.15, 0.2) is 5.13 Å². The number of halogens is 1. The van der Waals surface area contributed by atoms with Gasteiger partial charge >= 0.3 is 0 Å². The maximum absolute atomic E-state index is 13.5. The van der Waals surface area contributed by atoms with Crippen LogP contribution in [0.15, 0.2) is 36.4 Å². The topological polar surface area (TPSA) is 68.7 Å². The first kappa shape index (κ1) is 21.3. The Bertz CT molecular complexity index is 1200. The summed E-state index contributed by atoms with van der Waals surface area (Å²) in [4.78, 5) is 21.8. The van der Waals surface area contributed by atoms with Gasteiger partial charge < -0.3 is 15.3 Å². The number of piperidine rings is 1. The molecule has 1 amide bonds. The fourth-order valence-electron chi connectivity index (χ4n) is 5.66. The van der Waals surface area contributed by atoms with Gasteiger partial charge in [-0.15, -0.1) is 0 Å². The number of aromatic hydroxyl groups is 1. The number of phenols is 1. The lowest BCUT2D eigenvalue weighted by molar-refractivity contribution is -0.118. The Kier molecular flexibility index (Phi) is 5.19. The molecule has 2 bridgehead atoms. The highest BCUT2D eigenvalue weighted by molar-refractivity contribution is 7.22. The van der Waals surface area contributed by atoms with Gasteiger partial charge in [0.05, 0.1) is 16.8 Å². The zero-order valence-corrected chi connectivity index (χ0v) is 19.2. The van der Waals surface area contributed by atoms with Crippen molar-refractivity contribution < 1.29 is 14.3 Å². The number of phenolic OH excluding ortho intramolecular Hbond substituents is 1. The quantitative estimate of drug-likeness (QED) is 0.631. The highest BCUT2D eigenvalue weighted by atomic mass is 32.1. The summed E-state index contributed by atoms with van der Waals surface area (Å²) in [5.41, 5.74) is 2.98. The molecule has 1 aliphatic carbocycles. The molecule has 168 valence electrons. The lowest BCUT2D eigenvalue weighted by Gasteiger charge is -2.57. The zero-order valence-electron chi connectivity index (χ0n) is 18.4. The van der Waals surface area contributed by atoms with Crippen LogP contribution in [0.1, 0.15) is 24.5 Å². The molecule has 0 unspecified atom stereocenters. The van der Waals surface area contributed by atoms with Gasteiger partial charge in [-0.05, 0) is 74.9 Å². The summed E-state index contributed by atoms with van der Waals surface area (Å²) < 4.78 is 14.2. The molecule has 5 rings (SSSR count). The second-order valence-electron chi connectivity index (χ2n) is 9.30. The van der Waals surface area contributed by atoms with E-state index < -0.39 is 0 Å². The van der Waals surface area contributed by atoms with Gasteiger partial charge in [-0.25, -0.2) is 9.37 Å². The van der Waals surface area contributed by atoms with E-state index in [1.165, 1.54) is 34.6 Å². The number of aromatic nitrogens is 1. The van der Waals surface area contributed by atoms with Gasteiger partial charge in [0.1, 0.15) is 11.6 Å². The fraction of sp³-hybridized carbons (Fsp3) is 0.417. The molecule has 2 N–H and O–H groups in total. The van der Waals surface area contributed by atoms with Crippen LogP contribution in [0.4, 0.5) is 9.52 Å². The van der Waals surface area contributed by atoms with Crippen LogP contribution in [0.2, 0.25) is 0 Å². The Morgan fingerprint density at radius 1 is 1.38 bits per heavy atom. The van der Waals surface area contributed by atoms with Crippen molar-refractivity contribution in [2.24, 2.45) is 0 Å². The Hall–Kier alpha value is -2.55. The van der Waals surface area contributed by atoms with Gasteiger partial charge in [-0.1, -0.05) is 24.3 Å². The molecule has 2 heterocycles. The van der Waals surface area contributed by atoms with Crippen molar-refractivity contribution >= 4 is 32.6 Å². The summed E-state index contributed by atoms with van der Waals surface area (Å²) in [6.07, 6.45) is 1.85. The third-order valence-corrected chi connectivity index (χ3v) is 8.10. The predicted molar refractivity (Wildman–Crippen MR) is 125 cm³/mol. The molecule has 2 aliphatic rings. The maximum atomic E-state index is 13.5. The van der Waals surface area contributed by atoms with Crippen molar-refractivity contribution in [3.8, 4) is 5.75 Å². The number of rotatable bonds is 4. The van der Waals surface area contributed by atoms with E-state index in [0.29, 0.717) is 15.3 Å². The molecule has 3 aromatic rings. The third kappa shape index (κ3) is 3.56. The van der Waals surface area contributed by atoms with E-state index in [1.54, 1.807) is 12.1 Å². The number of likely N-dealkylation sites (tertiary alicyclic amines) is 1. The van der Waals surface area contributed by atoms with Crippen LogP contribution in [0.5, 0.6) is 5.75 Å². The summed E-state index contributed by atoms with van der Waals surface area (Å²) in [7, 11) is 4.15. The minimum absolute atomic E-state index is 0.130. The normalized spacial score (nSPS) is 25.2. The number of amides is 1. The number of hydrogen-bond acceptors (Lipinski definition) is 6. The minimum Gasteiger partial charge on any atom is -0.508 e. The van der Waals surface area contributed by atoms with Crippen molar-refractivity contribution in [3.05, 3.63) is 53.3 Å². The van der Waals surface area contributed by atoms with E-state index in [9.17, 15) is 14.3 Å². The van der Waals surface area contributed by atoms with E-state index >= 15 is 0 Å². The number of benzene rings is 2. The lowest BCUT2D eigenvalue weighted by Crippen LogP contribution is -2.67. The second-order valence-corrected chi connectivity index (χ2v) is 10.3. The Balaban J connectivity index is 1.37. The van der Waals surface area contributed by atoms with Crippen LogP contribution in [0, 0.1) is 5.82 Å². The molecule has 1 aromatic heterocycles. The van der Waals surface area contributed by atoms with Gasteiger partial charge in [-0.2, -0.15) is 0 Å². The van der Waals surface area contributed by atoms with E-state index in [1.807, 2.05) is 19.2 Å². The van der Waals surface area contributed by atoms with Crippen molar-refractivity contribution in [1.82, 2.24) is 14.8 Å². The average molecular weight is 455 g/mol. The van der Waals surface area contributed by atoms with Gasteiger partial charge in [-0.3, -0.25) is 9.69 Å². The SMILES string of the molecule is CN1CC[C@@]2(C)c3cc(O)ccc3C[C@@H]1[C@@H]2N(C)CC(=O)Nc1nc2ccc(F)cc2s1. The molecule has 1 aliphatic heterocycles. The summed E-state index contributed by atoms with van der Waals surface area (Å²) in [6, 6.07) is 10.5. The smallest absolute Gasteiger partial charge is 0.240 e. The largest absolute Gasteiger partial charge is 0.508 e. The Labute approximate surface area is 190 Å². The average Bonchev–Trinajstić information content (AvgIpc) is 3.12. The standard InChI is InChI=1S/C24H27FN4O2S/c1-24-8-9-28(2)19(10-14-4-6-16(30)12-17(14)24)22(24)29(3)13-21(31)27-23-26-18-7-5-15(25)11-20(18)32-23/h4-7,11-12,19,22,30H,8-10,13H2,1-3H3,(H,26,27,31)/t19-,22+,24+/m1/s1. The van der Waals surface area contributed by atoms with Crippen LogP contribution in [0.25, 0.3) is 10.2 Å². The number of nitrogens with one attached hydrogen (secondary N) is 1. The molecule has 2 aromatic carbocycles. The number of carbonyl (C=O) groups excluding carboxylic acids is 1. The molecule has 0 saturated carbocycles. The van der Waals surface area contributed by atoms with E-state index in [2.05, 4.69) is 34.1 Å². The molecule has 0 radical (unpaired) electrons. The highest BCUT2D eigenvalue weighted by Gasteiger charge is 2.51. The van der Waals surface area contributed by atoms with E-state index in [4.69, 9.17) is 0 Å². The van der Waals surface area contributed by atoms with Crippen LogP contribution in [0.3, 0.4) is 0 Å². The lowest BCUT2D eigenvalue weighted by atomic mass is 9.61. The predicted octanol–water partition coefficient (Wildman–Crippen LogP) is 3.60. The Morgan fingerprint density at radius 3 is 3.00 bits per heavy atom. The van der Waals surface area contributed by atoms with Crippen LogP contribution in [-0.2, 0) is 16.6 Å². The number of likely N-dealkylation sites (N-methyl/N-ethyl adjacent to an activating group) is 2. The van der Waals surface area contributed by atoms with Crippen molar-refractivity contribution in [2.45, 2.75) is 37.3 Å². The fourth-order valence-corrected chi connectivity index (χ4v) is 6.57. The first-order valence-electron chi connectivity index (χ1n) is 10.8. The van der Waals surface area contributed by atoms with E-state index in [-0.39, 0.29) is 41.5 Å². The number of nitrogens with zero attached hydrogens (tertiary/aromatic N) is 3. The summed E-state index contributed by atoms with van der Waals surface area (Å²) in [6.45, 7) is 3.46. The molecule has 8 heteroatoms. The number of carbonyl (C=O) groups is 1. The molecular weight excluding hydrogens is 427 g/mol. The molecule has 6 nitrogen and oxygen atoms in total. The minimum atomic E-state index is -0.314. The number of thiazole rings is 1. The molecule has 32 heavy (non-hydrogen) atoms. The molecule has 3 atom stereocenters. The second kappa shape index (κ2) is 7.79. The molecular formula is C24H27FN4O2S.